The van der Waals surface area contributed by atoms with Crippen LogP contribution in [0, 0.1) is 0 Å². The summed E-state index contributed by atoms with van der Waals surface area (Å²) in [7, 11) is 1.62. The number of carbonyl (C=O) groups excluding carboxylic acids is 1. The molecule has 0 atom stereocenters. The maximum absolute atomic E-state index is 12.1. The van der Waals surface area contributed by atoms with E-state index in [1.807, 2.05) is 24.3 Å². The predicted octanol–water partition coefficient (Wildman–Crippen LogP) is 3.54. The SMILES string of the molecule is CCCCCCN(CC)CC(=O)Nc1cccc(OC)c1. The third-order valence-electron chi connectivity index (χ3n) is 3.50. The molecule has 0 bridgehead atoms. The lowest BCUT2D eigenvalue weighted by molar-refractivity contribution is -0.117. The molecule has 1 aromatic rings. The molecule has 0 aliphatic rings. The van der Waals surface area contributed by atoms with Gasteiger partial charge >= 0.3 is 0 Å². The maximum Gasteiger partial charge on any atom is 0.238 e. The molecule has 0 aliphatic carbocycles. The third-order valence-corrected chi connectivity index (χ3v) is 3.50. The van der Waals surface area contributed by atoms with E-state index < -0.39 is 0 Å². The van der Waals surface area contributed by atoms with Crippen molar-refractivity contribution in [1.82, 2.24) is 4.90 Å². The van der Waals surface area contributed by atoms with Gasteiger partial charge in [-0.15, -0.1) is 0 Å². The number of hydrogen-bond acceptors (Lipinski definition) is 3. The first-order valence-electron chi connectivity index (χ1n) is 7.85. The van der Waals surface area contributed by atoms with E-state index in [1.165, 1.54) is 19.3 Å². The lowest BCUT2D eigenvalue weighted by Gasteiger charge is -2.19. The van der Waals surface area contributed by atoms with Crippen LogP contribution in [0.25, 0.3) is 0 Å². The lowest BCUT2D eigenvalue weighted by Crippen LogP contribution is -2.33. The predicted molar refractivity (Wildman–Crippen MR) is 87.9 cm³/mol. The Morgan fingerprint density at radius 3 is 2.71 bits per heavy atom. The summed E-state index contributed by atoms with van der Waals surface area (Å²) in [6.07, 6.45) is 4.91. The molecule has 0 radical (unpaired) electrons. The molecule has 118 valence electrons. The Morgan fingerprint density at radius 2 is 2.05 bits per heavy atom. The Kier molecular flexibility index (Phi) is 8.51. The number of likely N-dealkylation sites (N-methyl/N-ethyl adjacent to an activating group) is 1. The van der Waals surface area contributed by atoms with E-state index in [9.17, 15) is 4.79 Å². The van der Waals surface area contributed by atoms with E-state index in [-0.39, 0.29) is 5.91 Å². The average molecular weight is 292 g/mol. The number of nitrogens with zero attached hydrogens (tertiary/aromatic N) is 1. The number of carbonyl (C=O) groups is 1. The van der Waals surface area contributed by atoms with Crippen molar-refractivity contribution >= 4 is 11.6 Å². The molecule has 4 nitrogen and oxygen atoms in total. The van der Waals surface area contributed by atoms with Crippen LogP contribution >= 0.6 is 0 Å². The highest BCUT2D eigenvalue weighted by molar-refractivity contribution is 5.92. The van der Waals surface area contributed by atoms with Gasteiger partial charge in [0.1, 0.15) is 5.75 Å². The van der Waals surface area contributed by atoms with Crippen LogP contribution in [-0.4, -0.2) is 37.6 Å². The van der Waals surface area contributed by atoms with Crippen LogP contribution in [0.5, 0.6) is 5.75 Å². The Balaban J connectivity index is 2.39. The molecule has 21 heavy (non-hydrogen) atoms. The topological polar surface area (TPSA) is 41.6 Å². The molecule has 0 aromatic heterocycles. The summed E-state index contributed by atoms with van der Waals surface area (Å²) in [6.45, 7) is 6.64. The van der Waals surface area contributed by atoms with Gasteiger partial charge in [0.05, 0.1) is 13.7 Å². The summed E-state index contributed by atoms with van der Waals surface area (Å²) in [5.74, 6) is 0.778. The summed E-state index contributed by atoms with van der Waals surface area (Å²) < 4.78 is 5.15. The molecular weight excluding hydrogens is 264 g/mol. The van der Waals surface area contributed by atoms with Gasteiger partial charge in [0.2, 0.25) is 5.91 Å². The first-order valence-corrected chi connectivity index (χ1v) is 7.85. The zero-order chi connectivity index (χ0) is 15.5. The molecule has 0 heterocycles. The summed E-state index contributed by atoms with van der Waals surface area (Å²) in [5, 5.41) is 2.92. The zero-order valence-electron chi connectivity index (χ0n) is 13.5. The molecule has 0 aliphatic heterocycles. The van der Waals surface area contributed by atoms with E-state index in [1.54, 1.807) is 7.11 Å². The van der Waals surface area contributed by atoms with E-state index >= 15 is 0 Å². The van der Waals surface area contributed by atoms with Gasteiger partial charge in [0.25, 0.3) is 0 Å². The maximum atomic E-state index is 12.1. The second-order valence-corrected chi connectivity index (χ2v) is 5.21. The quantitative estimate of drug-likeness (QED) is 0.671. The molecule has 1 amide bonds. The molecule has 1 N–H and O–H groups in total. The first kappa shape index (κ1) is 17.5. The first-order chi connectivity index (χ1) is 10.2. The number of anilines is 1. The highest BCUT2D eigenvalue weighted by atomic mass is 16.5. The van der Waals surface area contributed by atoms with Crippen LogP contribution in [0.2, 0.25) is 0 Å². The van der Waals surface area contributed by atoms with Gasteiger partial charge in [-0.1, -0.05) is 39.2 Å². The van der Waals surface area contributed by atoms with Crippen molar-refractivity contribution in [2.75, 3.05) is 32.1 Å². The van der Waals surface area contributed by atoms with E-state index in [4.69, 9.17) is 4.74 Å². The molecule has 1 aromatic carbocycles. The standard InChI is InChI=1S/C17H28N2O2/c1-4-6-7-8-12-19(5-2)14-17(20)18-15-10-9-11-16(13-15)21-3/h9-11,13H,4-8,12,14H2,1-3H3,(H,18,20). The Morgan fingerprint density at radius 1 is 1.24 bits per heavy atom. The summed E-state index contributed by atoms with van der Waals surface area (Å²) in [4.78, 5) is 14.3. The molecule has 0 unspecified atom stereocenters. The number of ether oxygens (including phenoxy) is 1. The zero-order valence-corrected chi connectivity index (χ0v) is 13.5. The van der Waals surface area contributed by atoms with Crippen LogP contribution in [-0.2, 0) is 4.79 Å². The monoisotopic (exact) mass is 292 g/mol. The minimum Gasteiger partial charge on any atom is -0.497 e. The highest BCUT2D eigenvalue weighted by Gasteiger charge is 2.09. The van der Waals surface area contributed by atoms with Crippen LogP contribution in [0.1, 0.15) is 39.5 Å². The van der Waals surface area contributed by atoms with E-state index in [0.717, 1.165) is 30.9 Å². The van der Waals surface area contributed by atoms with E-state index in [2.05, 4.69) is 24.1 Å². The molecule has 0 saturated heterocycles. The van der Waals surface area contributed by atoms with Crippen LogP contribution < -0.4 is 10.1 Å². The van der Waals surface area contributed by atoms with Gasteiger partial charge in [-0.05, 0) is 31.6 Å². The van der Waals surface area contributed by atoms with Crippen molar-refractivity contribution in [3.05, 3.63) is 24.3 Å². The average Bonchev–Trinajstić information content (AvgIpc) is 2.50. The van der Waals surface area contributed by atoms with Gasteiger partial charge in [-0.25, -0.2) is 0 Å². The Labute approximate surface area is 128 Å². The van der Waals surface area contributed by atoms with Gasteiger partial charge in [-0.2, -0.15) is 0 Å². The fourth-order valence-electron chi connectivity index (χ4n) is 2.22. The molecule has 0 fully saturated rings. The van der Waals surface area contributed by atoms with Crippen molar-refractivity contribution < 1.29 is 9.53 Å². The van der Waals surface area contributed by atoms with Crippen molar-refractivity contribution in [2.24, 2.45) is 0 Å². The highest BCUT2D eigenvalue weighted by Crippen LogP contribution is 2.16. The molecule has 4 heteroatoms. The van der Waals surface area contributed by atoms with Crippen LogP contribution in [0.15, 0.2) is 24.3 Å². The van der Waals surface area contributed by atoms with Gasteiger partial charge in [0.15, 0.2) is 0 Å². The molecule has 0 spiro atoms. The number of methoxy groups -OCH3 is 1. The van der Waals surface area contributed by atoms with Crippen molar-refractivity contribution in [3.8, 4) is 5.75 Å². The number of hydrogen-bond donors (Lipinski definition) is 1. The van der Waals surface area contributed by atoms with E-state index in [0.29, 0.717) is 6.54 Å². The minimum atomic E-state index is 0.0283. The van der Waals surface area contributed by atoms with Crippen LogP contribution in [0.3, 0.4) is 0 Å². The number of unbranched alkanes of at least 4 members (excludes halogenated alkanes) is 3. The normalized spacial score (nSPS) is 10.7. The lowest BCUT2D eigenvalue weighted by atomic mass is 10.2. The number of amides is 1. The Hall–Kier alpha value is -1.55. The minimum absolute atomic E-state index is 0.0283. The Bertz CT molecular complexity index is 421. The molecular formula is C17H28N2O2. The third kappa shape index (κ3) is 7.14. The molecule has 0 saturated carbocycles. The second-order valence-electron chi connectivity index (χ2n) is 5.21. The summed E-state index contributed by atoms with van der Waals surface area (Å²) >= 11 is 0. The molecule has 1 rings (SSSR count). The van der Waals surface area contributed by atoms with Crippen molar-refractivity contribution in [1.29, 1.82) is 0 Å². The largest absolute Gasteiger partial charge is 0.497 e. The smallest absolute Gasteiger partial charge is 0.238 e. The van der Waals surface area contributed by atoms with Crippen molar-refractivity contribution in [2.45, 2.75) is 39.5 Å². The summed E-state index contributed by atoms with van der Waals surface area (Å²) in [5.41, 5.74) is 0.779. The second kappa shape index (κ2) is 10.2. The van der Waals surface area contributed by atoms with Gasteiger partial charge in [-0.3, -0.25) is 9.69 Å². The number of benzene rings is 1. The fraction of sp³-hybridized carbons (Fsp3) is 0.588. The summed E-state index contributed by atoms with van der Waals surface area (Å²) in [6, 6.07) is 7.44. The van der Waals surface area contributed by atoms with Crippen LogP contribution in [0.4, 0.5) is 5.69 Å². The number of rotatable bonds is 10. The van der Waals surface area contributed by atoms with Crippen molar-refractivity contribution in [3.63, 3.8) is 0 Å². The fourth-order valence-corrected chi connectivity index (χ4v) is 2.22. The van der Waals surface area contributed by atoms with Gasteiger partial charge < -0.3 is 10.1 Å². The number of nitrogens with one attached hydrogen (secondary N) is 1. The van der Waals surface area contributed by atoms with Gasteiger partial charge in [0, 0.05) is 11.8 Å².